The number of rotatable bonds is 9. The summed E-state index contributed by atoms with van der Waals surface area (Å²) < 4.78 is 15.4. The number of hydrogen-bond acceptors (Lipinski definition) is 5. The van der Waals surface area contributed by atoms with Crippen LogP contribution in [0.3, 0.4) is 0 Å². The maximum atomic E-state index is 13.4. The van der Waals surface area contributed by atoms with Crippen LogP contribution in [0.15, 0.2) is 29.4 Å². The number of amides is 1. The van der Waals surface area contributed by atoms with Crippen molar-refractivity contribution in [3.8, 4) is 5.69 Å². The van der Waals surface area contributed by atoms with E-state index < -0.39 is 0 Å². The number of nitrogens with zero attached hydrogens (tertiary/aromatic N) is 4. The summed E-state index contributed by atoms with van der Waals surface area (Å²) >= 11 is 1.37. The van der Waals surface area contributed by atoms with E-state index in [9.17, 15) is 9.18 Å². The van der Waals surface area contributed by atoms with Gasteiger partial charge in [0.25, 0.3) is 0 Å². The molecular weight excluding hydrogens is 389 g/mol. The first-order valence-corrected chi connectivity index (χ1v) is 11.4. The molecule has 1 aliphatic heterocycles. The molecule has 29 heavy (non-hydrogen) atoms. The minimum absolute atomic E-state index is 0.00469. The number of likely N-dealkylation sites (tertiary alicyclic amines) is 1. The Morgan fingerprint density at radius 2 is 1.83 bits per heavy atom. The number of nitrogens with one attached hydrogen (secondary N) is 1. The summed E-state index contributed by atoms with van der Waals surface area (Å²) in [4.78, 5) is 14.7. The molecule has 0 aliphatic carbocycles. The quantitative estimate of drug-likeness (QED) is 0.627. The van der Waals surface area contributed by atoms with Crippen LogP contribution in [-0.4, -0.2) is 50.5 Å². The Balaban J connectivity index is 1.77. The summed E-state index contributed by atoms with van der Waals surface area (Å²) in [5.74, 6) is 0.814. The summed E-state index contributed by atoms with van der Waals surface area (Å²) in [5.41, 5.74) is 0.811. The third-order valence-electron chi connectivity index (χ3n) is 5.28. The molecule has 2 aromatic rings. The van der Waals surface area contributed by atoms with Gasteiger partial charge < -0.3 is 5.32 Å². The van der Waals surface area contributed by atoms with Crippen LogP contribution in [0.4, 0.5) is 4.39 Å². The summed E-state index contributed by atoms with van der Waals surface area (Å²) in [6.07, 6.45) is 5.50. The zero-order chi connectivity index (χ0) is 20.6. The molecule has 3 rings (SSSR count). The second-order valence-corrected chi connectivity index (χ2v) is 8.36. The Morgan fingerprint density at radius 3 is 2.48 bits per heavy atom. The van der Waals surface area contributed by atoms with Gasteiger partial charge >= 0.3 is 0 Å². The average molecular weight is 420 g/mol. The van der Waals surface area contributed by atoms with Crippen molar-refractivity contribution < 1.29 is 9.18 Å². The Labute approximate surface area is 176 Å². The van der Waals surface area contributed by atoms with Crippen molar-refractivity contribution in [1.82, 2.24) is 25.0 Å². The number of hydrogen-bond donors (Lipinski definition) is 1. The predicted octanol–water partition coefficient (Wildman–Crippen LogP) is 3.79. The van der Waals surface area contributed by atoms with Crippen LogP contribution in [0.5, 0.6) is 0 Å². The molecule has 0 unspecified atom stereocenters. The van der Waals surface area contributed by atoms with Crippen molar-refractivity contribution in [3.05, 3.63) is 35.9 Å². The van der Waals surface area contributed by atoms with Crippen LogP contribution in [-0.2, 0) is 11.3 Å². The number of piperidine rings is 1. The summed E-state index contributed by atoms with van der Waals surface area (Å²) in [6, 6.07) is 6.54. The normalized spacial score (nSPS) is 15.0. The molecule has 0 bridgehead atoms. The van der Waals surface area contributed by atoms with E-state index in [-0.39, 0.29) is 23.5 Å². The van der Waals surface area contributed by atoms with Gasteiger partial charge in [-0.3, -0.25) is 14.3 Å². The molecule has 6 nitrogen and oxygen atoms in total. The maximum Gasteiger partial charge on any atom is 0.230 e. The Bertz CT molecular complexity index is 785. The molecule has 2 heterocycles. The van der Waals surface area contributed by atoms with Gasteiger partial charge in [0, 0.05) is 11.7 Å². The van der Waals surface area contributed by atoms with Gasteiger partial charge in [-0.05, 0) is 63.0 Å². The number of benzene rings is 1. The highest BCUT2D eigenvalue weighted by Gasteiger charge is 2.20. The summed E-state index contributed by atoms with van der Waals surface area (Å²) in [5, 5.41) is 12.5. The van der Waals surface area contributed by atoms with Gasteiger partial charge in [-0.1, -0.05) is 32.0 Å². The van der Waals surface area contributed by atoms with Crippen molar-refractivity contribution in [3.63, 3.8) is 0 Å². The largest absolute Gasteiger partial charge is 0.353 e. The fourth-order valence-electron chi connectivity index (χ4n) is 3.56. The monoisotopic (exact) mass is 419 g/mol. The van der Waals surface area contributed by atoms with E-state index in [2.05, 4.69) is 34.3 Å². The molecule has 0 radical (unpaired) electrons. The van der Waals surface area contributed by atoms with E-state index in [1.807, 2.05) is 4.57 Å². The van der Waals surface area contributed by atoms with Gasteiger partial charge in [0.1, 0.15) is 5.82 Å². The molecule has 0 saturated carbocycles. The standard InChI is InChI=1S/C21H30FN5OS/c1-3-17(4-2)23-20(28)15-29-21-25-24-19(14-26-12-6-5-7-13-26)27(21)18-10-8-16(22)9-11-18/h8-11,17H,3-7,12-15H2,1-2H3,(H,23,28). The van der Waals surface area contributed by atoms with Crippen molar-refractivity contribution in [2.75, 3.05) is 18.8 Å². The summed E-state index contributed by atoms with van der Waals surface area (Å²) in [6.45, 7) is 6.94. The molecule has 0 atom stereocenters. The first-order chi connectivity index (χ1) is 14.1. The van der Waals surface area contributed by atoms with Crippen LogP contribution < -0.4 is 5.32 Å². The predicted molar refractivity (Wildman–Crippen MR) is 114 cm³/mol. The first-order valence-electron chi connectivity index (χ1n) is 10.5. The fourth-order valence-corrected chi connectivity index (χ4v) is 4.34. The second-order valence-electron chi connectivity index (χ2n) is 7.42. The van der Waals surface area contributed by atoms with E-state index in [1.54, 1.807) is 12.1 Å². The van der Waals surface area contributed by atoms with Crippen LogP contribution in [0.25, 0.3) is 5.69 Å². The highest BCUT2D eigenvalue weighted by molar-refractivity contribution is 7.99. The zero-order valence-electron chi connectivity index (χ0n) is 17.2. The number of carbonyl (C=O) groups excluding carboxylic acids is 1. The van der Waals surface area contributed by atoms with Crippen LogP contribution >= 0.6 is 11.8 Å². The average Bonchev–Trinajstić information content (AvgIpc) is 3.14. The molecule has 1 saturated heterocycles. The van der Waals surface area contributed by atoms with Gasteiger partial charge in [0.15, 0.2) is 11.0 Å². The number of carbonyl (C=O) groups is 1. The van der Waals surface area contributed by atoms with Gasteiger partial charge in [0.05, 0.1) is 12.3 Å². The third kappa shape index (κ3) is 6.02. The highest BCUT2D eigenvalue weighted by atomic mass is 32.2. The van der Waals surface area contributed by atoms with Crippen molar-refractivity contribution in [1.29, 1.82) is 0 Å². The Morgan fingerprint density at radius 1 is 1.14 bits per heavy atom. The van der Waals surface area contributed by atoms with Crippen molar-refractivity contribution in [2.24, 2.45) is 0 Å². The lowest BCUT2D eigenvalue weighted by Gasteiger charge is -2.26. The number of thioether (sulfide) groups is 1. The molecule has 0 spiro atoms. The van der Waals surface area contributed by atoms with E-state index in [4.69, 9.17) is 0 Å². The molecule has 1 aromatic heterocycles. The molecule has 1 aliphatic rings. The van der Waals surface area contributed by atoms with Crippen molar-refractivity contribution in [2.45, 2.75) is 63.7 Å². The number of halogens is 1. The fraction of sp³-hybridized carbons (Fsp3) is 0.571. The zero-order valence-corrected chi connectivity index (χ0v) is 18.1. The topological polar surface area (TPSA) is 63.1 Å². The van der Waals surface area contributed by atoms with Gasteiger partial charge in [-0.2, -0.15) is 0 Å². The Hall–Kier alpha value is -1.93. The van der Waals surface area contributed by atoms with Crippen LogP contribution in [0.2, 0.25) is 0 Å². The van der Waals surface area contributed by atoms with E-state index in [0.717, 1.165) is 37.4 Å². The second kappa shape index (κ2) is 10.7. The molecule has 1 N–H and O–H groups in total. The molecule has 158 valence electrons. The highest BCUT2D eigenvalue weighted by Crippen LogP contribution is 2.24. The van der Waals surface area contributed by atoms with Crippen LogP contribution in [0, 0.1) is 5.82 Å². The molecular formula is C21H30FN5OS. The van der Waals surface area contributed by atoms with Gasteiger partial charge in [-0.25, -0.2) is 4.39 Å². The summed E-state index contributed by atoms with van der Waals surface area (Å²) in [7, 11) is 0. The lowest BCUT2D eigenvalue weighted by Crippen LogP contribution is -2.35. The van der Waals surface area contributed by atoms with E-state index in [1.165, 1.54) is 43.2 Å². The molecule has 1 amide bonds. The van der Waals surface area contributed by atoms with Crippen LogP contribution in [0.1, 0.15) is 51.8 Å². The maximum absolute atomic E-state index is 13.4. The van der Waals surface area contributed by atoms with Gasteiger partial charge in [-0.15, -0.1) is 10.2 Å². The minimum Gasteiger partial charge on any atom is -0.353 e. The first kappa shape index (κ1) is 21.8. The minimum atomic E-state index is -0.279. The lowest BCUT2D eigenvalue weighted by atomic mass is 10.1. The van der Waals surface area contributed by atoms with E-state index in [0.29, 0.717) is 11.7 Å². The molecule has 1 aromatic carbocycles. The van der Waals surface area contributed by atoms with Gasteiger partial charge in [0.2, 0.25) is 5.91 Å². The molecule has 8 heteroatoms. The van der Waals surface area contributed by atoms with Crippen molar-refractivity contribution >= 4 is 17.7 Å². The smallest absolute Gasteiger partial charge is 0.230 e. The van der Waals surface area contributed by atoms with E-state index >= 15 is 0 Å². The SMILES string of the molecule is CCC(CC)NC(=O)CSc1nnc(CN2CCCCC2)n1-c1ccc(F)cc1. The number of aromatic nitrogens is 3. The lowest BCUT2D eigenvalue weighted by molar-refractivity contribution is -0.119. The third-order valence-corrected chi connectivity index (χ3v) is 6.21. The molecule has 1 fully saturated rings. The Kier molecular flexibility index (Phi) is 8.06.